The lowest BCUT2D eigenvalue weighted by atomic mass is 10.6. The molecule has 0 saturated heterocycles. The molecule has 1 aromatic heterocycles. The van der Waals surface area contributed by atoms with Crippen LogP contribution in [0.3, 0.4) is 0 Å². The van der Waals surface area contributed by atoms with E-state index in [1.54, 1.807) is 7.05 Å². The largest absolute Gasteiger partial charge is 0.381 e. The Morgan fingerprint density at radius 1 is 1.70 bits per heavy atom. The molecule has 0 aliphatic heterocycles. The van der Waals surface area contributed by atoms with E-state index in [1.807, 2.05) is 0 Å². The summed E-state index contributed by atoms with van der Waals surface area (Å²) in [5.41, 5.74) is 5.41. The Balaban J connectivity index is 3.09. The number of anilines is 2. The molecule has 1 aromatic rings. The zero-order chi connectivity index (χ0) is 7.56. The summed E-state index contributed by atoms with van der Waals surface area (Å²) < 4.78 is 0. The molecule has 5 heteroatoms. The first kappa shape index (κ1) is 7.08. The molecule has 0 amide bonds. The molecule has 3 N–H and O–H groups in total. The first-order chi connectivity index (χ1) is 4.74. The summed E-state index contributed by atoms with van der Waals surface area (Å²) in [5.74, 6) is 0.861. The second kappa shape index (κ2) is 2.70. The van der Waals surface area contributed by atoms with Crippen LogP contribution in [0.1, 0.15) is 0 Å². The summed E-state index contributed by atoms with van der Waals surface area (Å²) in [6.07, 6.45) is 1.40. The van der Waals surface area contributed by atoms with Crippen LogP contribution in [-0.2, 0) is 0 Å². The van der Waals surface area contributed by atoms with Crippen molar-refractivity contribution < 1.29 is 0 Å². The van der Waals surface area contributed by atoms with Crippen molar-refractivity contribution >= 4 is 23.2 Å². The fourth-order valence-corrected chi connectivity index (χ4v) is 0.694. The van der Waals surface area contributed by atoms with E-state index in [0.717, 1.165) is 0 Å². The normalized spacial score (nSPS) is 9.40. The molecule has 0 spiro atoms. The molecule has 0 aromatic carbocycles. The molecule has 0 saturated carbocycles. The van der Waals surface area contributed by atoms with E-state index in [-0.39, 0.29) is 0 Å². The van der Waals surface area contributed by atoms with Crippen LogP contribution in [0.2, 0.25) is 5.15 Å². The third kappa shape index (κ3) is 1.27. The summed E-state index contributed by atoms with van der Waals surface area (Å²) in [5, 5.41) is 3.09. The Morgan fingerprint density at radius 2 is 2.40 bits per heavy atom. The maximum Gasteiger partial charge on any atom is 0.170 e. The van der Waals surface area contributed by atoms with Crippen LogP contribution in [0.15, 0.2) is 6.20 Å². The van der Waals surface area contributed by atoms with Crippen LogP contribution in [0.4, 0.5) is 11.6 Å². The minimum Gasteiger partial charge on any atom is -0.381 e. The highest BCUT2D eigenvalue weighted by atomic mass is 35.5. The van der Waals surface area contributed by atoms with Gasteiger partial charge in [0.15, 0.2) is 11.6 Å². The average Bonchev–Trinajstić information content (AvgIpc) is 1.94. The smallest absolute Gasteiger partial charge is 0.170 e. The number of hydrogen-bond acceptors (Lipinski definition) is 4. The number of halogens is 1. The quantitative estimate of drug-likeness (QED) is 0.633. The Hall–Kier alpha value is -1.03. The van der Waals surface area contributed by atoms with Crippen LogP contribution in [0.5, 0.6) is 0 Å². The third-order valence-corrected chi connectivity index (χ3v) is 1.19. The maximum absolute atomic E-state index is 5.53. The number of nitrogen functional groups attached to an aromatic ring is 1. The van der Waals surface area contributed by atoms with E-state index < -0.39 is 0 Å². The van der Waals surface area contributed by atoms with Crippen molar-refractivity contribution in [2.75, 3.05) is 18.1 Å². The molecule has 0 aliphatic rings. The third-order valence-electron chi connectivity index (χ3n) is 1.01. The fraction of sp³-hybridized carbons (Fsp3) is 0.200. The summed E-state index contributed by atoms with van der Waals surface area (Å²) in [4.78, 5) is 7.63. The predicted octanol–water partition coefficient (Wildman–Crippen LogP) is 0.754. The maximum atomic E-state index is 5.53. The van der Waals surface area contributed by atoms with Crippen molar-refractivity contribution in [3.63, 3.8) is 0 Å². The van der Waals surface area contributed by atoms with Crippen molar-refractivity contribution in [1.82, 2.24) is 9.97 Å². The summed E-state index contributed by atoms with van der Waals surface area (Å²) >= 11 is 5.53. The second-order valence-electron chi connectivity index (χ2n) is 1.68. The van der Waals surface area contributed by atoms with Crippen LogP contribution >= 0.6 is 11.6 Å². The van der Waals surface area contributed by atoms with Gasteiger partial charge in [-0.25, -0.2) is 9.97 Å². The molecule has 1 heterocycles. The Kier molecular flexibility index (Phi) is 1.91. The van der Waals surface area contributed by atoms with Gasteiger partial charge in [0.2, 0.25) is 0 Å². The summed E-state index contributed by atoms with van der Waals surface area (Å²) in [6, 6.07) is 0. The van der Waals surface area contributed by atoms with E-state index in [0.29, 0.717) is 16.8 Å². The highest BCUT2D eigenvalue weighted by Gasteiger charge is 1.98. The van der Waals surface area contributed by atoms with Crippen LogP contribution in [-0.4, -0.2) is 17.0 Å². The van der Waals surface area contributed by atoms with E-state index in [9.17, 15) is 0 Å². The van der Waals surface area contributed by atoms with Gasteiger partial charge in [0, 0.05) is 7.05 Å². The zero-order valence-electron chi connectivity index (χ0n) is 5.43. The van der Waals surface area contributed by atoms with E-state index in [1.165, 1.54) is 6.20 Å². The van der Waals surface area contributed by atoms with Gasteiger partial charge in [0.05, 0.1) is 6.20 Å². The van der Waals surface area contributed by atoms with Crippen molar-refractivity contribution in [3.05, 3.63) is 11.3 Å². The van der Waals surface area contributed by atoms with E-state index in [4.69, 9.17) is 17.3 Å². The Labute approximate surface area is 63.4 Å². The van der Waals surface area contributed by atoms with Crippen LogP contribution < -0.4 is 11.1 Å². The highest BCUT2D eigenvalue weighted by molar-refractivity contribution is 6.29. The van der Waals surface area contributed by atoms with Gasteiger partial charge in [0.25, 0.3) is 0 Å². The predicted molar refractivity (Wildman–Crippen MR) is 41.0 cm³/mol. The first-order valence-corrected chi connectivity index (χ1v) is 3.07. The molecule has 0 atom stereocenters. The topological polar surface area (TPSA) is 63.8 Å². The number of hydrogen-bond donors (Lipinski definition) is 2. The summed E-state index contributed by atoms with van der Waals surface area (Å²) in [7, 11) is 1.71. The first-order valence-electron chi connectivity index (χ1n) is 2.70. The Morgan fingerprint density at radius 3 is 2.90 bits per heavy atom. The zero-order valence-corrected chi connectivity index (χ0v) is 6.18. The molecule has 54 valence electrons. The molecule has 10 heavy (non-hydrogen) atoms. The molecule has 4 nitrogen and oxygen atoms in total. The van der Waals surface area contributed by atoms with Crippen molar-refractivity contribution in [3.8, 4) is 0 Å². The van der Waals surface area contributed by atoms with Gasteiger partial charge in [-0.15, -0.1) is 0 Å². The van der Waals surface area contributed by atoms with Crippen molar-refractivity contribution in [2.45, 2.75) is 0 Å². The minimum absolute atomic E-state index is 0.332. The van der Waals surface area contributed by atoms with Crippen LogP contribution in [0.25, 0.3) is 0 Å². The SMILES string of the molecule is CNc1nc(Cl)cnc1N. The average molecular weight is 159 g/mol. The molecule has 0 bridgehead atoms. The van der Waals surface area contributed by atoms with E-state index >= 15 is 0 Å². The van der Waals surface area contributed by atoms with Gasteiger partial charge < -0.3 is 11.1 Å². The number of nitrogens with zero attached hydrogens (tertiary/aromatic N) is 2. The second-order valence-corrected chi connectivity index (χ2v) is 2.06. The van der Waals surface area contributed by atoms with Gasteiger partial charge in [-0.1, -0.05) is 11.6 Å². The van der Waals surface area contributed by atoms with Crippen LogP contribution in [0, 0.1) is 0 Å². The van der Waals surface area contributed by atoms with Crippen molar-refractivity contribution in [2.24, 2.45) is 0 Å². The lowest BCUT2D eigenvalue weighted by Gasteiger charge is -2.00. The monoisotopic (exact) mass is 158 g/mol. The molecule has 0 fully saturated rings. The molecule has 0 unspecified atom stereocenters. The standard InChI is InChI=1S/C5H7ClN4/c1-8-5-4(7)9-2-3(6)10-5/h2H,1H3,(H2,7,9)(H,8,10). The molecule has 0 aliphatic carbocycles. The summed E-state index contributed by atoms with van der Waals surface area (Å²) in [6.45, 7) is 0. The number of rotatable bonds is 1. The van der Waals surface area contributed by atoms with Gasteiger partial charge >= 0.3 is 0 Å². The molecular weight excluding hydrogens is 152 g/mol. The van der Waals surface area contributed by atoms with Gasteiger partial charge in [-0.2, -0.15) is 0 Å². The molecule has 0 radical (unpaired) electrons. The molecular formula is C5H7ClN4. The Bertz CT molecular complexity index is 237. The van der Waals surface area contributed by atoms with E-state index in [2.05, 4.69) is 15.3 Å². The van der Waals surface area contributed by atoms with Gasteiger partial charge in [0.1, 0.15) is 5.15 Å². The lowest BCUT2D eigenvalue weighted by Crippen LogP contribution is -2.00. The van der Waals surface area contributed by atoms with Gasteiger partial charge in [-0.3, -0.25) is 0 Å². The fourth-order valence-electron chi connectivity index (χ4n) is 0.561. The number of aromatic nitrogens is 2. The minimum atomic E-state index is 0.332. The highest BCUT2D eigenvalue weighted by Crippen LogP contribution is 2.13. The molecule has 1 rings (SSSR count). The van der Waals surface area contributed by atoms with Crippen molar-refractivity contribution in [1.29, 1.82) is 0 Å². The number of nitrogens with one attached hydrogen (secondary N) is 1. The lowest BCUT2D eigenvalue weighted by molar-refractivity contribution is 1.20. The van der Waals surface area contributed by atoms with Gasteiger partial charge in [-0.05, 0) is 0 Å². The number of nitrogens with two attached hydrogens (primary N) is 1.